The Bertz CT molecular complexity index is 835. The van der Waals surface area contributed by atoms with Gasteiger partial charge in [-0.05, 0) is 49.7 Å². The van der Waals surface area contributed by atoms with Gasteiger partial charge in [-0.25, -0.2) is 0 Å². The van der Waals surface area contributed by atoms with Gasteiger partial charge in [-0.1, -0.05) is 24.6 Å². The number of nitrogens with zero attached hydrogens (tertiary/aromatic N) is 2. The van der Waals surface area contributed by atoms with Crippen LogP contribution in [0.3, 0.4) is 0 Å². The van der Waals surface area contributed by atoms with Crippen LogP contribution >= 0.6 is 0 Å². The van der Waals surface area contributed by atoms with E-state index in [1.165, 1.54) is 10.9 Å². The highest BCUT2D eigenvalue weighted by Crippen LogP contribution is 2.32. The highest BCUT2D eigenvalue weighted by molar-refractivity contribution is 5.84. The first-order valence-electron chi connectivity index (χ1n) is 10.7. The lowest BCUT2D eigenvalue weighted by atomic mass is 9.81. The molecule has 0 saturated carbocycles. The van der Waals surface area contributed by atoms with Gasteiger partial charge in [0.1, 0.15) is 0 Å². The summed E-state index contributed by atoms with van der Waals surface area (Å²) in [6, 6.07) is 8.24. The Morgan fingerprint density at radius 2 is 1.89 bits per heavy atom. The van der Waals surface area contributed by atoms with E-state index in [0.717, 1.165) is 63.7 Å². The molecular weight excluding hydrogens is 350 g/mol. The van der Waals surface area contributed by atoms with Gasteiger partial charge in [0.05, 0.1) is 0 Å². The fourth-order valence-electron chi connectivity index (χ4n) is 4.96. The Hall–Kier alpha value is -2.30. The van der Waals surface area contributed by atoms with Crippen LogP contribution in [-0.4, -0.2) is 53.3 Å². The van der Waals surface area contributed by atoms with E-state index in [1.54, 1.807) is 0 Å². The summed E-state index contributed by atoms with van der Waals surface area (Å²) < 4.78 is 0. The van der Waals surface area contributed by atoms with Gasteiger partial charge in [-0.15, -0.1) is 0 Å². The van der Waals surface area contributed by atoms with Crippen molar-refractivity contribution >= 4 is 22.7 Å². The fourth-order valence-corrected chi connectivity index (χ4v) is 4.96. The maximum atomic E-state index is 12.7. The van der Waals surface area contributed by atoms with E-state index >= 15 is 0 Å². The number of aromatic nitrogens is 1. The van der Waals surface area contributed by atoms with E-state index in [-0.39, 0.29) is 11.8 Å². The molecule has 3 heterocycles. The van der Waals surface area contributed by atoms with Crippen molar-refractivity contribution in [2.75, 3.05) is 26.7 Å². The zero-order chi connectivity index (χ0) is 19.5. The minimum absolute atomic E-state index is 0.163. The quantitative estimate of drug-likeness (QED) is 0.880. The maximum absolute atomic E-state index is 12.7. The molecule has 28 heavy (non-hydrogen) atoms. The predicted octanol–water partition coefficient (Wildman–Crippen LogP) is 3.60. The van der Waals surface area contributed by atoms with E-state index in [1.807, 2.05) is 35.2 Å². The number of likely N-dealkylation sites (tertiary alicyclic amines) is 2. The van der Waals surface area contributed by atoms with Gasteiger partial charge in [0.25, 0.3) is 0 Å². The van der Waals surface area contributed by atoms with Crippen LogP contribution in [0.1, 0.15) is 44.1 Å². The monoisotopic (exact) mass is 381 g/mol. The summed E-state index contributed by atoms with van der Waals surface area (Å²) in [7, 11) is 1.93. The summed E-state index contributed by atoms with van der Waals surface area (Å²) in [5, 5.41) is 1.21. The number of piperidine rings is 1. The maximum Gasteiger partial charge on any atom is 0.225 e. The second kappa shape index (κ2) is 8.38. The number of nitrogens with one attached hydrogen (secondary N) is 1. The van der Waals surface area contributed by atoms with Gasteiger partial charge in [0, 0.05) is 56.1 Å². The summed E-state index contributed by atoms with van der Waals surface area (Å²) in [6.45, 7) is 2.48. The lowest BCUT2D eigenvalue weighted by molar-refractivity contribution is -0.137. The number of aryl methyl sites for hydroxylation is 1. The van der Waals surface area contributed by atoms with Gasteiger partial charge >= 0.3 is 0 Å². The Balaban J connectivity index is 1.30. The molecule has 2 aliphatic rings. The molecule has 0 radical (unpaired) electrons. The molecule has 0 bridgehead atoms. The lowest BCUT2D eigenvalue weighted by Crippen LogP contribution is -2.43. The largest absolute Gasteiger partial charge is 0.361 e. The number of H-pyrrole nitrogens is 1. The molecule has 2 amide bonds. The topological polar surface area (TPSA) is 56.4 Å². The second-order valence-corrected chi connectivity index (χ2v) is 8.44. The number of carbonyl (C=O) groups is 2. The first kappa shape index (κ1) is 19.0. The zero-order valence-electron chi connectivity index (χ0n) is 16.8. The highest BCUT2D eigenvalue weighted by atomic mass is 16.2. The lowest BCUT2D eigenvalue weighted by Gasteiger charge is -2.36. The molecule has 0 unspecified atom stereocenters. The fraction of sp³-hybridized carbons (Fsp3) is 0.565. The Morgan fingerprint density at radius 3 is 2.71 bits per heavy atom. The van der Waals surface area contributed by atoms with Crippen molar-refractivity contribution in [2.24, 2.45) is 11.8 Å². The molecule has 2 saturated heterocycles. The third kappa shape index (κ3) is 3.94. The van der Waals surface area contributed by atoms with Crippen LogP contribution in [0.4, 0.5) is 0 Å². The second-order valence-electron chi connectivity index (χ2n) is 8.44. The summed E-state index contributed by atoms with van der Waals surface area (Å²) in [6.07, 6.45) is 8.55. The summed E-state index contributed by atoms with van der Waals surface area (Å²) in [5.74, 6) is 1.16. The van der Waals surface area contributed by atoms with Crippen LogP contribution in [0, 0.1) is 11.8 Å². The first-order valence-corrected chi connectivity index (χ1v) is 10.7. The van der Waals surface area contributed by atoms with Crippen LogP contribution in [0.2, 0.25) is 0 Å². The molecule has 1 atom stereocenters. The summed E-state index contributed by atoms with van der Waals surface area (Å²) >= 11 is 0. The minimum atomic E-state index is 0.163. The number of rotatable bonds is 4. The number of amides is 2. The van der Waals surface area contributed by atoms with Crippen molar-refractivity contribution in [2.45, 2.75) is 44.9 Å². The van der Waals surface area contributed by atoms with E-state index < -0.39 is 0 Å². The smallest absolute Gasteiger partial charge is 0.225 e. The number of fused-ring (bicyclic) bond motifs is 1. The molecule has 1 aromatic carbocycles. The minimum Gasteiger partial charge on any atom is -0.361 e. The van der Waals surface area contributed by atoms with Gasteiger partial charge in [0.2, 0.25) is 11.8 Å². The van der Waals surface area contributed by atoms with E-state index in [9.17, 15) is 9.59 Å². The van der Waals surface area contributed by atoms with Crippen LogP contribution < -0.4 is 0 Å². The third-order valence-corrected chi connectivity index (χ3v) is 6.70. The number of para-hydroxylation sites is 1. The molecule has 2 aliphatic heterocycles. The van der Waals surface area contributed by atoms with Crippen molar-refractivity contribution in [3.8, 4) is 0 Å². The van der Waals surface area contributed by atoms with E-state index in [2.05, 4.69) is 17.1 Å². The molecule has 2 aromatic rings. The van der Waals surface area contributed by atoms with Gasteiger partial charge in [0.15, 0.2) is 0 Å². The van der Waals surface area contributed by atoms with Gasteiger partial charge in [-0.2, -0.15) is 0 Å². The van der Waals surface area contributed by atoms with Crippen LogP contribution in [0.15, 0.2) is 30.5 Å². The third-order valence-electron chi connectivity index (χ3n) is 6.70. The summed E-state index contributed by atoms with van der Waals surface area (Å²) in [4.78, 5) is 32.6. The molecule has 4 rings (SSSR count). The number of aromatic amines is 1. The standard InChI is InChI=1S/C23H31N3O2/c1-25-13-5-4-7-20(23(25)28)17-11-14-26(15-12-17)22(27)10-9-18-16-24-21-8-3-2-6-19(18)21/h2-3,6,8,16-17,20,24H,4-5,7,9-15H2,1H3/t20-/m1/s1. The van der Waals surface area contributed by atoms with Crippen molar-refractivity contribution in [3.63, 3.8) is 0 Å². The molecule has 1 aromatic heterocycles. The Kier molecular flexibility index (Phi) is 5.69. The molecule has 2 fully saturated rings. The number of hydrogen-bond donors (Lipinski definition) is 1. The number of hydrogen-bond acceptors (Lipinski definition) is 2. The predicted molar refractivity (Wildman–Crippen MR) is 111 cm³/mol. The molecular formula is C23H31N3O2. The molecule has 0 spiro atoms. The highest BCUT2D eigenvalue weighted by Gasteiger charge is 2.34. The van der Waals surface area contributed by atoms with Crippen LogP contribution in [0.5, 0.6) is 0 Å². The summed E-state index contributed by atoms with van der Waals surface area (Å²) in [5.41, 5.74) is 2.34. The van der Waals surface area contributed by atoms with E-state index in [4.69, 9.17) is 0 Å². The van der Waals surface area contributed by atoms with Crippen LogP contribution in [-0.2, 0) is 16.0 Å². The van der Waals surface area contributed by atoms with Crippen molar-refractivity contribution in [1.82, 2.24) is 14.8 Å². The first-order chi connectivity index (χ1) is 13.6. The normalized spacial score (nSPS) is 21.9. The number of benzene rings is 1. The van der Waals surface area contributed by atoms with Crippen molar-refractivity contribution in [3.05, 3.63) is 36.0 Å². The van der Waals surface area contributed by atoms with Gasteiger partial charge in [-0.3, -0.25) is 9.59 Å². The average molecular weight is 382 g/mol. The SMILES string of the molecule is CN1CCCC[C@H](C2CCN(C(=O)CCc3c[nH]c4ccccc34)CC2)C1=O. The molecule has 5 heteroatoms. The van der Waals surface area contributed by atoms with E-state index in [0.29, 0.717) is 18.2 Å². The average Bonchev–Trinajstić information content (AvgIpc) is 3.07. The van der Waals surface area contributed by atoms with Gasteiger partial charge < -0.3 is 14.8 Å². The molecule has 1 N–H and O–H groups in total. The Labute approximate surface area is 167 Å². The Morgan fingerprint density at radius 1 is 1.11 bits per heavy atom. The zero-order valence-corrected chi connectivity index (χ0v) is 16.8. The molecule has 5 nitrogen and oxygen atoms in total. The van der Waals surface area contributed by atoms with Crippen molar-refractivity contribution < 1.29 is 9.59 Å². The molecule has 150 valence electrons. The van der Waals surface area contributed by atoms with Crippen LogP contribution in [0.25, 0.3) is 10.9 Å². The van der Waals surface area contributed by atoms with Crippen molar-refractivity contribution in [1.29, 1.82) is 0 Å². The molecule has 0 aliphatic carbocycles. The number of carbonyl (C=O) groups excluding carboxylic acids is 2.